The van der Waals surface area contributed by atoms with Gasteiger partial charge < -0.3 is 14.2 Å². The van der Waals surface area contributed by atoms with E-state index < -0.39 is 45.0 Å². The quantitative estimate of drug-likeness (QED) is 0.795. The Morgan fingerprint density at radius 1 is 1.20 bits per heavy atom. The summed E-state index contributed by atoms with van der Waals surface area (Å²) in [6, 6.07) is 2.55. The van der Waals surface area contributed by atoms with Crippen LogP contribution in [-0.2, 0) is 9.31 Å². The molecule has 0 bridgehead atoms. The molecule has 2 heterocycles. The summed E-state index contributed by atoms with van der Waals surface area (Å²) in [6.45, 7) is -5.96. The van der Waals surface area contributed by atoms with Gasteiger partial charge in [0.25, 0.3) is 0 Å². The number of hydrogen-bond donors (Lipinski definition) is 0. The summed E-state index contributed by atoms with van der Waals surface area (Å²) in [5, 5.41) is 0. The van der Waals surface area contributed by atoms with Crippen LogP contribution in [0.4, 0.5) is 5.69 Å². The minimum absolute atomic E-state index is 0.0982. The highest BCUT2D eigenvalue weighted by Gasteiger charge is 2.52. The first-order chi connectivity index (χ1) is 13.2. The maximum atomic E-state index is 8.00. The average Bonchev–Trinajstić information content (AvgIpc) is 2.73. The van der Waals surface area contributed by atoms with E-state index in [0.29, 0.717) is 5.59 Å². The number of hydrogen-bond acceptors (Lipinski definition) is 4. The van der Waals surface area contributed by atoms with Gasteiger partial charge in [-0.2, -0.15) is 0 Å². The Labute approximate surface area is 136 Å². The van der Waals surface area contributed by atoms with Crippen molar-refractivity contribution >= 4 is 18.4 Å². The van der Waals surface area contributed by atoms with Gasteiger partial charge in [0, 0.05) is 32.9 Å². The molecule has 2 rings (SSSR count). The van der Waals surface area contributed by atoms with Gasteiger partial charge in [-0.1, -0.05) is 0 Å². The Bertz CT molecular complexity index is 735. The molecule has 1 aliphatic rings. The minimum atomic E-state index is -3.34. The van der Waals surface area contributed by atoms with Crippen molar-refractivity contribution < 1.29 is 23.0 Å². The zero-order valence-corrected chi connectivity index (χ0v) is 12.0. The molecule has 0 aromatic carbocycles. The molecule has 0 saturated carbocycles. The van der Waals surface area contributed by atoms with Crippen molar-refractivity contribution in [3.63, 3.8) is 0 Å². The molecule has 1 aromatic heterocycles. The van der Waals surface area contributed by atoms with Crippen LogP contribution >= 0.6 is 0 Å². The van der Waals surface area contributed by atoms with Crippen molar-refractivity contribution in [3.8, 4) is 0 Å². The highest BCUT2D eigenvalue weighted by atomic mass is 16.7. The minimum Gasteiger partial charge on any atom is -0.398 e. The van der Waals surface area contributed by atoms with Gasteiger partial charge in [-0.25, -0.2) is 0 Å². The van der Waals surface area contributed by atoms with E-state index in [0.717, 1.165) is 6.20 Å². The molecule has 0 N–H and O–H groups in total. The number of pyridine rings is 1. The zero-order valence-electron chi connectivity index (χ0n) is 22.0. The van der Waals surface area contributed by atoms with Crippen LogP contribution in [-0.4, -0.2) is 36.3 Å². The van der Waals surface area contributed by atoms with Crippen molar-refractivity contribution in [1.82, 2.24) is 4.98 Å². The molecule has 0 amide bonds. The van der Waals surface area contributed by atoms with Crippen LogP contribution in [0.2, 0.25) is 0 Å². The molecule has 1 fully saturated rings. The van der Waals surface area contributed by atoms with E-state index in [2.05, 4.69) is 4.98 Å². The Morgan fingerprint density at radius 2 is 1.80 bits per heavy atom. The van der Waals surface area contributed by atoms with Crippen LogP contribution in [0.15, 0.2) is 18.3 Å². The lowest BCUT2D eigenvalue weighted by molar-refractivity contribution is 0.00578. The van der Waals surface area contributed by atoms with Crippen molar-refractivity contribution in [2.24, 2.45) is 0 Å². The molecule has 0 spiro atoms. The second-order valence-electron chi connectivity index (χ2n) is 5.59. The summed E-state index contributed by atoms with van der Waals surface area (Å²) < 4.78 is 88.5. The fourth-order valence-electron chi connectivity index (χ4n) is 1.79. The summed E-state index contributed by atoms with van der Waals surface area (Å²) in [5.41, 5.74) is -1.33. The first kappa shape index (κ1) is 6.80. The fourth-order valence-corrected chi connectivity index (χ4v) is 1.79. The Kier molecular flexibility index (Phi) is 1.83. The smallest absolute Gasteiger partial charge is 0.398 e. The maximum Gasteiger partial charge on any atom is 0.514 e. The van der Waals surface area contributed by atoms with Crippen molar-refractivity contribution in [3.05, 3.63) is 18.3 Å². The van der Waals surface area contributed by atoms with Gasteiger partial charge >= 0.3 is 7.12 Å². The van der Waals surface area contributed by atoms with E-state index in [1.807, 2.05) is 27.7 Å². The normalized spacial score (nSPS) is 30.3. The average molecular weight is 286 g/mol. The SMILES string of the molecule is [2H]C([2H])([2H])C([2H])([2H])N(c1ccc(B2OC(C)(C)C(C)(C)O2)nc1)C([2H])([2H])C([2H])([2H])[2H]. The predicted molar refractivity (Wildman–Crippen MR) is 83.5 cm³/mol. The van der Waals surface area contributed by atoms with Crippen LogP contribution in [0.5, 0.6) is 0 Å². The van der Waals surface area contributed by atoms with Gasteiger partial charge in [-0.3, -0.25) is 4.98 Å². The van der Waals surface area contributed by atoms with Crippen LogP contribution < -0.4 is 10.5 Å². The third kappa shape index (κ3) is 2.70. The van der Waals surface area contributed by atoms with E-state index >= 15 is 0 Å². The third-order valence-electron chi connectivity index (χ3n) is 3.75. The second-order valence-corrected chi connectivity index (χ2v) is 5.59. The highest BCUT2D eigenvalue weighted by molar-refractivity contribution is 6.61. The molecule has 1 aliphatic heterocycles. The molecule has 1 aromatic rings. The standard InChI is InChI=1S/C15H25BN2O2/c1-7-18(8-2)12-9-10-13(17-11-12)16-19-14(3,4)15(5,6)20-16/h9-11H,7-8H2,1-6H3/i1D3,2D3,7D2,8D2. The zero-order chi connectivity index (χ0) is 23.6. The molecule has 4 nitrogen and oxygen atoms in total. The monoisotopic (exact) mass is 286 g/mol. The number of anilines is 1. The summed E-state index contributed by atoms with van der Waals surface area (Å²) >= 11 is 0. The molecule has 0 aliphatic carbocycles. The fraction of sp³-hybridized carbons (Fsp3) is 0.667. The summed E-state index contributed by atoms with van der Waals surface area (Å²) in [6.07, 6.45) is 1.01. The van der Waals surface area contributed by atoms with Crippen LogP contribution in [0.1, 0.15) is 55.1 Å². The lowest BCUT2D eigenvalue weighted by Crippen LogP contribution is -2.41. The first-order valence-corrected chi connectivity index (χ1v) is 6.27. The van der Waals surface area contributed by atoms with E-state index in [1.165, 1.54) is 12.1 Å². The van der Waals surface area contributed by atoms with E-state index in [1.54, 1.807) is 0 Å². The molecule has 0 unspecified atom stereocenters. The molecular formula is C15H25BN2O2. The van der Waals surface area contributed by atoms with Crippen LogP contribution in [0.3, 0.4) is 0 Å². The van der Waals surface area contributed by atoms with Gasteiger partial charge in [-0.05, 0) is 53.5 Å². The Morgan fingerprint density at radius 3 is 2.25 bits per heavy atom. The van der Waals surface area contributed by atoms with Crippen LogP contribution in [0, 0.1) is 0 Å². The molecule has 110 valence electrons. The number of aromatic nitrogens is 1. The van der Waals surface area contributed by atoms with Crippen molar-refractivity contribution in [2.45, 2.75) is 52.6 Å². The largest absolute Gasteiger partial charge is 0.514 e. The molecule has 1 saturated heterocycles. The molecule has 20 heavy (non-hydrogen) atoms. The van der Waals surface area contributed by atoms with E-state index in [9.17, 15) is 0 Å². The molecule has 5 heteroatoms. The lowest BCUT2D eigenvalue weighted by atomic mass is 9.84. The number of nitrogens with zero attached hydrogens (tertiary/aromatic N) is 2. The van der Waals surface area contributed by atoms with Gasteiger partial charge in [0.1, 0.15) is 0 Å². The second kappa shape index (κ2) is 5.37. The molecule has 0 atom stereocenters. The van der Waals surface area contributed by atoms with Gasteiger partial charge in [0.2, 0.25) is 0 Å². The van der Waals surface area contributed by atoms with Gasteiger partial charge in [0.15, 0.2) is 0 Å². The highest BCUT2D eigenvalue weighted by Crippen LogP contribution is 2.36. The Hall–Kier alpha value is -1.07. The third-order valence-corrected chi connectivity index (χ3v) is 3.75. The van der Waals surface area contributed by atoms with Gasteiger partial charge in [-0.15, -0.1) is 0 Å². The summed E-state index contributed by atoms with van der Waals surface area (Å²) in [7, 11) is -0.851. The first-order valence-electron chi connectivity index (χ1n) is 11.3. The lowest BCUT2D eigenvalue weighted by Gasteiger charge is -2.32. The molecular weight excluding hydrogens is 251 g/mol. The van der Waals surface area contributed by atoms with Crippen molar-refractivity contribution in [1.29, 1.82) is 0 Å². The predicted octanol–water partition coefficient (Wildman–Crippen LogP) is 2.23. The maximum absolute atomic E-state index is 8.00. The number of rotatable bonds is 4. The van der Waals surface area contributed by atoms with E-state index in [4.69, 9.17) is 23.0 Å². The summed E-state index contributed by atoms with van der Waals surface area (Å²) in [4.78, 5) is 4.21. The van der Waals surface area contributed by atoms with Crippen molar-refractivity contribution in [2.75, 3.05) is 17.9 Å². The van der Waals surface area contributed by atoms with Gasteiger partial charge in [0.05, 0.1) is 22.5 Å². The van der Waals surface area contributed by atoms with E-state index in [-0.39, 0.29) is 10.6 Å². The Balaban J connectivity index is 2.50. The summed E-state index contributed by atoms with van der Waals surface area (Å²) in [5.74, 6) is 0. The topological polar surface area (TPSA) is 34.6 Å². The van der Waals surface area contributed by atoms with Crippen LogP contribution in [0.25, 0.3) is 0 Å². The molecule has 0 radical (unpaired) electrons.